The lowest BCUT2D eigenvalue weighted by Crippen LogP contribution is -2.11. The van der Waals surface area contributed by atoms with Crippen LogP contribution in [0.25, 0.3) is 0 Å². The third-order valence-corrected chi connectivity index (χ3v) is 2.54. The lowest BCUT2D eigenvalue weighted by atomic mass is 10.1. The Morgan fingerprint density at radius 2 is 1.85 bits per heavy atom. The number of hydrogen-bond acceptors (Lipinski definition) is 3. The van der Waals surface area contributed by atoms with Gasteiger partial charge in [-0.25, -0.2) is 4.98 Å². The van der Waals surface area contributed by atoms with Crippen molar-refractivity contribution in [3.63, 3.8) is 0 Å². The number of halogens is 3. The van der Waals surface area contributed by atoms with Crippen molar-refractivity contribution in [1.82, 2.24) is 4.98 Å². The average Bonchev–Trinajstić information content (AvgIpc) is 2.44. The predicted octanol–water partition coefficient (Wildman–Crippen LogP) is 3.55. The van der Waals surface area contributed by atoms with Gasteiger partial charge in [0, 0.05) is 11.6 Å². The molecular formula is C14H9F3N2O. The molecule has 3 nitrogen and oxygen atoms in total. The van der Waals surface area contributed by atoms with Crippen molar-refractivity contribution in [2.24, 2.45) is 0 Å². The van der Waals surface area contributed by atoms with Crippen LogP contribution in [0, 0.1) is 11.3 Å². The van der Waals surface area contributed by atoms with Crippen molar-refractivity contribution in [3.8, 4) is 11.9 Å². The Kier molecular flexibility index (Phi) is 3.89. The fraction of sp³-hybridized carbons (Fsp3) is 0.143. The summed E-state index contributed by atoms with van der Waals surface area (Å²) in [5.74, 6) is 0.112. The zero-order valence-corrected chi connectivity index (χ0v) is 10.2. The topological polar surface area (TPSA) is 45.9 Å². The zero-order chi connectivity index (χ0) is 14.6. The zero-order valence-electron chi connectivity index (χ0n) is 10.2. The van der Waals surface area contributed by atoms with Gasteiger partial charge in [0.05, 0.1) is 5.56 Å². The fourth-order valence-electron chi connectivity index (χ4n) is 1.63. The summed E-state index contributed by atoms with van der Waals surface area (Å²) >= 11 is 0. The molecule has 0 bridgehead atoms. The Morgan fingerprint density at radius 1 is 1.10 bits per heavy atom. The summed E-state index contributed by atoms with van der Waals surface area (Å²) in [6.45, 7) is -0.266. The highest BCUT2D eigenvalue weighted by molar-refractivity contribution is 5.30. The van der Waals surface area contributed by atoms with E-state index in [2.05, 4.69) is 4.98 Å². The number of nitrogens with zero attached hydrogens (tertiary/aromatic N) is 2. The molecule has 0 unspecified atom stereocenters. The molecule has 0 fully saturated rings. The molecule has 0 amide bonds. The SMILES string of the molecule is N#Cc1cccc(OCc2ccccc2C(F)(F)F)n1. The predicted molar refractivity (Wildman–Crippen MR) is 64.7 cm³/mol. The van der Waals surface area contributed by atoms with Crippen molar-refractivity contribution in [2.45, 2.75) is 12.8 Å². The number of hydrogen-bond donors (Lipinski definition) is 0. The number of rotatable bonds is 3. The van der Waals surface area contributed by atoms with Gasteiger partial charge in [0.25, 0.3) is 0 Å². The number of pyridine rings is 1. The molecule has 6 heteroatoms. The van der Waals surface area contributed by atoms with Gasteiger partial charge in [-0.3, -0.25) is 0 Å². The molecule has 0 aliphatic heterocycles. The normalized spacial score (nSPS) is 10.9. The minimum Gasteiger partial charge on any atom is -0.473 e. The fourth-order valence-corrected chi connectivity index (χ4v) is 1.63. The molecular weight excluding hydrogens is 269 g/mol. The van der Waals surface area contributed by atoms with E-state index in [4.69, 9.17) is 10.00 Å². The van der Waals surface area contributed by atoms with Gasteiger partial charge in [-0.2, -0.15) is 18.4 Å². The molecule has 0 spiro atoms. The van der Waals surface area contributed by atoms with Gasteiger partial charge in [-0.15, -0.1) is 0 Å². The molecule has 2 aromatic rings. The summed E-state index contributed by atoms with van der Waals surface area (Å²) in [5, 5.41) is 8.68. The molecule has 20 heavy (non-hydrogen) atoms. The van der Waals surface area contributed by atoms with Crippen LogP contribution in [0.1, 0.15) is 16.8 Å². The second-order valence-corrected chi connectivity index (χ2v) is 3.92. The van der Waals surface area contributed by atoms with E-state index in [1.807, 2.05) is 6.07 Å². The minimum absolute atomic E-state index is 0.0177. The Bertz CT molecular complexity index is 647. The Labute approximate surface area is 113 Å². The van der Waals surface area contributed by atoms with E-state index in [0.717, 1.165) is 6.07 Å². The third kappa shape index (κ3) is 3.26. The molecule has 0 N–H and O–H groups in total. The van der Waals surface area contributed by atoms with E-state index >= 15 is 0 Å². The highest BCUT2D eigenvalue weighted by atomic mass is 19.4. The quantitative estimate of drug-likeness (QED) is 0.862. The standard InChI is InChI=1S/C14H9F3N2O/c15-14(16,17)12-6-2-1-4-10(12)9-20-13-7-3-5-11(8-18)19-13/h1-7H,9H2. The maximum atomic E-state index is 12.8. The van der Waals surface area contributed by atoms with Crippen LogP contribution in [0.5, 0.6) is 5.88 Å². The number of nitriles is 1. The maximum absolute atomic E-state index is 12.8. The van der Waals surface area contributed by atoms with E-state index in [-0.39, 0.29) is 23.7 Å². The van der Waals surface area contributed by atoms with Gasteiger partial charge < -0.3 is 4.74 Å². The molecule has 1 heterocycles. The summed E-state index contributed by atoms with van der Waals surface area (Å²) in [6.07, 6.45) is -4.43. The van der Waals surface area contributed by atoms with Crippen LogP contribution in [0.2, 0.25) is 0 Å². The van der Waals surface area contributed by atoms with Gasteiger partial charge in [0.2, 0.25) is 5.88 Å². The summed E-state index contributed by atoms with van der Waals surface area (Å²) in [5.41, 5.74) is -0.577. The third-order valence-electron chi connectivity index (χ3n) is 2.54. The Morgan fingerprint density at radius 3 is 2.55 bits per heavy atom. The van der Waals surface area contributed by atoms with E-state index < -0.39 is 11.7 Å². The molecule has 0 aliphatic carbocycles. The first-order chi connectivity index (χ1) is 9.50. The van der Waals surface area contributed by atoms with Gasteiger partial charge in [-0.05, 0) is 12.1 Å². The summed E-state index contributed by atoms with van der Waals surface area (Å²) in [7, 11) is 0. The molecule has 0 saturated heterocycles. The summed E-state index contributed by atoms with van der Waals surface area (Å²) < 4.78 is 43.5. The van der Waals surface area contributed by atoms with Crippen LogP contribution >= 0.6 is 0 Å². The van der Waals surface area contributed by atoms with Crippen LogP contribution in [-0.4, -0.2) is 4.98 Å². The smallest absolute Gasteiger partial charge is 0.416 e. The summed E-state index contributed by atoms with van der Waals surface area (Å²) in [4.78, 5) is 3.83. The highest BCUT2D eigenvalue weighted by Crippen LogP contribution is 2.32. The van der Waals surface area contributed by atoms with Crippen LogP contribution in [-0.2, 0) is 12.8 Å². The molecule has 0 saturated carbocycles. The molecule has 0 aliphatic rings. The second kappa shape index (κ2) is 5.61. The molecule has 0 radical (unpaired) electrons. The van der Waals surface area contributed by atoms with E-state index in [1.165, 1.54) is 30.3 Å². The number of ether oxygens (including phenoxy) is 1. The monoisotopic (exact) mass is 278 g/mol. The Balaban J connectivity index is 2.17. The van der Waals surface area contributed by atoms with Gasteiger partial charge in [0.15, 0.2) is 0 Å². The first-order valence-electron chi connectivity index (χ1n) is 5.66. The van der Waals surface area contributed by atoms with Gasteiger partial charge in [-0.1, -0.05) is 24.3 Å². The van der Waals surface area contributed by atoms with Crippen molar-refractivity contribution in [2.75, 3.05) is 0 Å². The summed E-state index contributed by atoms with van der Waals surface area (Å²) in [6, 6.07) is 11.5. The number of aromatic nitrogens is 1. The minimum atomic E-state index is -4.43. The number of alkyl halides is 3. The number of benzene rings is 1. The largest absolute Gasteiger partial charge is 0.473 e. The van der Waals surface area contributed by atoms with Crippen molar-refractivity contribution in [3.05, 3.63) is 59.3 Å². The van der Waals surface area contributed by atoms with E-state index in [9.17, 15) is 13.2 Å². The lowest BCUT2D eigenvalue weighted by molar-refractivity contribution is -0.138. The van der Waals surface area contributed by atoms with Gasteiger partial charge in [0.1, 0.15) is 18.4 Å². The Hall–Kier alpha value is -2.55. The van der Waals surface area contributed by atoms with E-state index in [0.29, 0.717) is 0 Å². The molecule has 102 valence electrons. The molecule has 2 rings (SSSR count). The molecule has 1 aromatic carbocycles. The average molecular weight is 278 g/mol. The van der Waals surface area contributed by atoms with Crippen LogP contribution in [0.3, 0.4) is 0 Å². The lowest BCUT2D eigenvalue weighted by Gasteiger charge is -2.13. The van der Waals surface area contributed by atoms with Crippen molar-refractivity contribution in [1.29, 1.82) is 5.26 Å². The molecule has 0 atom stereocenters. The molecule has 1 aromatic heterocycles. The van der Waals surface area contributed by atoms with Crippen LogP contribution < -0.4 is 4.74 Å². The van der Waals surface area contributed by atoms with Crippen LogP contribution in [0.4, 0.5) is 13.2 Å². The first-order valence-corrected chi connectivity index (χ1v) is 5.66. The second-order valence-electron chi connectivity index (χ2n) is 3.92. The van der Waals surface area contributed by atoms with Gasteiger partial charge >= 0.3 is 6.18 Å². The highest BCUT2D eigenvalue weighted by Gasteiger charge is 2.32. The van der Waals surface area contributed by atoms with Crippen LogP contribution in [0.15, 0.2) is 42.5 Å². The van der Waals surface area contributed by atoms with E-state index in [1.54, 1.807) is 6.07 Å². The first kappa shape index (κ1) is 13.9. The maximum Gasteiger partial charge on any atom is 0.416 e. The van der Waals surface area contributed by atoms with Crippen molar-refractivity contribution >= 4 is 0 Å². The van der Waals surface area contributed by atoms with Crippen molar-refractivity contribution < 1.29 is 17.9 Å².